The Morgan fingerprint density at radius 3 is 2.55 bits per heavy atom. The zero-order chi connectivity index (χ0) is 20.1. The fraction of sp³-hybridized carbons (Fsp3) is 0.632. The maximum absolute atomic E-state index is 13.5. The van der Waals surface area contributed by atoms with Crippen molar-refractivity contribution in [2.45, 2.75) is 44.3 Å². The Labute approximate surface area is 166 Å². The van der Waals surface area contributed by atoms with Crippen molar-refractivity contribution in [3.05, 3.63) is 24.0 Å². The number of halogens is 3. The van der Waals surface area contributed by atoms with Crippen LogP contribution in [0.1, 0.15) is 31.4 Å². The smallest absolute Gasteiger partial charge is 0.254 e. The summed E-state index contributed by atoms with van der Waals surface area (Å²) in [4.78, 5) is 11.3. The number of ether oxygens (including phenoxy) is 1. The predicted molar refractivity (Wildman–Crippen MR) is 100 cm³/mol. The van der Waals surface area contributed by atoms with Crippen molar-refractivity contribution >= 4 is 11.6 Å². The Hall–Kier alpha value is -2.36. The summed E-state index contributed by atoms with van der Waals surface area (Å²) in [7, 11) is 0. The van der Waals surface area contributed by atoms with Gasteiger partial charge in [0.05, 0.1) is 24.3 Å². The van der Waals surface area contributed by atoms with Gasteiger partial charge in [-0.1, -0.05) is 0 Å². The topological polar surface area (TPSA) is 68.1 Å². The minimum absolute atomic E-state index is 0.0629. The lowest BCUT2D eigenvalue weighted by atomic mass is 9.78. The average molecular weight is 408 g/mol. The van der Waals surface area contributed by atoms with Gasteiger partial charge >= 0.3 is 0 Å². The number of alkyl halides is 3. The fourth-order valence-corrected chi connectivity index (χ4v) is 4.20. The van der Waals surface area contributed by atoms with Crippen LogP contribution in [0.4, 0.5) is 24.8 Å². The van der Waals surface area contributed by atoms with Crippen LogP contribution in [0.5, 0.6) is 0 Å². The molecule has 29 heavy (non-hydrogen) atoms. The van der Waals surface area contributed by atoms with Crippen LogP contribution in [0.2, 0.25) is 0 Å². The van der Waals surface area contributed by atoms with Crippen molar-refractivity contribution in [3.8, 4) is 5.95 Å². The molecule has 3 aliphatic rings. The van der Waals surface area contributed by atoms with Crippen molar-refractivity contribution in [3.63, 3.8) is 0 Å². The normalized spacial score (nSPS) is 22.9. The predicted octanol–water partition coefficient (Wildman–Crippen LogP) is 2.96. The fourth-order valence-electron chi connectivity index (χ4n) is 4.20. The van der Waals surface area contributed by atoms with Crippen molar-refractivity contribution in [2.75, 3.05) is 36.5 Å². The third-order valence-corrected chi connectivity index (χ3v) is 5.95. The zero-order valence-electron chi connectivity index (χ0n) is 16.0. The molecule has 5 rings (SSSR count). The molecule has 2 saturated heterocycles. The van der Waals surface area contributed by atoms with Crippen molar-refractivity contribution in [1.29, 1.82) is 0 Å². The Morgan fingerprint density at radius 1 is 1.17 bits per heavy atom. The molecule has 1 spiro atoms. The lowest BCUT2D eigenvalue weighted by Crippen LogP contribution is -2.66. The molecule has 7 nitrogen and oxygen atoms in total. The highest BCUT2D eigenvalue weighted by Gasteiger charge is 2.49. The molecule has 3 fully saturated rings. The largest absolute Gasteiger partial charge is 0.380 e. The standard InChI is InChI=1S/C19H23F3N6O/c20-8-14-3-6-28(26-14)17-24-15(23-13-1-4-19(21,22)5-2-13)7-16(25-17)27-9-18(10-27)11-29-12-18/h3,6-7,13H,1-2,4-5,8-12H2,(H,23,24,25). The van der Waals surface area contributed by atoms with Crippen LogP contribution in [-0.2, 0) is 11.4 Å². The van der Waals surface area contributed by atoms with E-state index in [1.54, 1.807) is 12.3 Å². The van der Waals surface area contributed by atoms with Crippen molar-refractivity contribution in [2.24, 2.45) is 5.41 Å². The van der Waals surface area contributed by atoms with Gasteiger partial charge in [0.15, 0.2) is 0 Å². The minimum atomic E-state index is -2.57. The molecule has 0 unspecified atom stereocenters. The number of anilines is 2. The second kappa shape index (κ2) is 6.86. The van der Waals surface area contributed by atoms with Crippen molar-refractivity contribution < 1.29 is 17.9 Å². The first-order valence-corrected chi connectivity index (χ1v) is 9.91. The summed E-state index contributed by atoms with van der Waals surface area (Å²) >= 11 is 0. The summed E-state index contributed by atoms with van der Waals surface area (Å²) in [5.74, 6) is -0.928. The number of nitrogens with zero attached hydrogens (tertiary/aromatic N) is 5. The van der Waals surface area contributed by atoms with E-state index in [2.05, 4.69) is 25.3 Å². The quantitative estimate of drug-likeness (QED) is 0.821. The van der Waals surface area contributed by atoms with Crippen LogP contribution >= 0.6 is 0 Å². The van der Waals surface area contributed by atoms with Crippen LogP contribution in [0.15, 0.2) is 18.3 Å². The van der Waals surface area contributed by atoms with E-state index in [1.165, 1.54) is 4.68 Å². The molecular weight excluding hydrogens is 385 g/mol. The summed E-state index contributed by atoms with van der Waals surface area (Å²) in [5, 5.41) is 7.45. The molecule has 2 aliphatic heterocycles. The SMILES string of the molecule is FCc1ccn(-c2nc(NC3CCC(F)(F)CC3)cc(N3CC4(COC4)C3)n2)n1. The Balaban J connectivity index is 1.39. The first-order chi connectivity index (χ1) is 13.9. The highest BCUT2D eigenvalue weighted by molar-refractivity contribution is 5.54. The van der Waals surface area contributed by atoms with Crippen LogP contribution < -0.4 is 10.2 Å². The number of hydrogen-bond acceptors (Lipinski definition) is 6. The summed E-state index contributed by atoms with van der Waals surface area (Å²) < 4.78 is 46.6. The molecule has 2 aromatic heterocycles. The molecule has 1 N–H and O–H groups in total. The van der Waals surface area contributed by atoms with Gasteiger partial charge in [0.25, 0.3) is 5.95 Å². The third kappa shape index (κ3) is 3.65. The number of aromatic nitrogens is 4. The Bertz CT molecular complexity index is 882. The molecule has 156 valence electrons. The Morgan fingerprint density at radius 2 is 1.93 bits per heavy atom. The molecule has 0 bridgehead atoms. The highest BCUT2D eigenvalue weighted by Crippen LogP contribution is 2.40. The molecule has 2 aromatic rings. The molecule has 0 aromatic carbocycles. The average Bonchev–Trinajstić information content (AvgIpc) is 3.10. The van der Waals surface area contributed by atoms with E-state index in [9.17, 15) is 13.2 Å². The van der Waals surface area contributed by atoms with E-state index in [0.29, 0.717) is 30.3 Å². The summed E-state index contributed by atoms with van der Waals surface area (Å²) in [6.07, 6.45) is 2.15. The van der Waals surface area contributed by atoms with Crippen LogP contribution in [-0.4, -0.2) is 58.0 Å². The maximum atomic E-state index is 13.5. The molecule has 1 aliphatic carbocycles. The van der Waals surface area contributed by atoms with Gasteiger partial charge in [0.2, 0.25) is 5.92 Å². The third-order valence-electron chi connectivity index (χ3n) is 5.95. The first kappa shape index (κ1) is 18.7. The van der Waals surface area contributed by atoms with E-state index in [1.807, 2.05) is 6.07 Å². The van der Waals surface area contributed by atoms with Gasteiger partial charge in [-0.3, -0.25) is 0 Å². The second-order valence-electron chi connectivity index (χ2n) is 8.42. The Kier molecular flexibility index (Phi) is 4.41. The van der Waals surface area contributed by atoms with E-state index in [0.717, 1.165) is 32.1 Å². The molecule has 0 atom stereocenters. The van der Waals surface area contributed by atoms with E-state index >= 15 is 0 Å². The highest BCUT2D eigenvalue weighted by atomic mass is 19.3. The van der Waals surface area contributed by atoms with Crippen molar-refractivity contribution in [1.82, 2.24) is 19.7 Å². The molecule has 0 amide bonds. The second-order valence-corrected chi connectivity index (χ2v) is 8.42. The van der Waals surface area contributed by atoms with Crippen LogP contribution in [0.25, 0.3) is 5.95 Å². The van der Waals surface area contributed by atoms with Gasteiger partial charge < -0.3 is 15.0 Å². The molecular formula is C19H23F3N6O. The van der Waals surface area contributed by atoms with E-state index in [-0.39, 0.29) is 24.3 Å². The van der Waals surface area contributed by atoms with Crippen LogP contribution in [0.3, 0.4) is 0 Å². The number of nitrogens with one attached hydrogen (secondary N) is 1. The molecule has 1 saturated carbocycles. The lowest BCUT2D eigenvalue weighted by molar-refractivity contribution is -0.127. The molecule has 0 radical (unpaired) electrons. The summed E-state index contributed by atoms with van der Waals surface area (Å²) in [6.45, 7) is 2.58. The first-order valence-electron chi connectivity index (χ1n) is 9.91. The van der Waals surface area contributed by atoms with Crippen LogP contribution in [0, 0.1) is 5.41 Å². The summed E-state index contributed by atoms with van der Waals surface area (Å²) in [6, 6.07) is 3.37. The summed E-state index contributed by atoms with van der Waals surface area (Å²) in [5.41, 5.74) is 0.526. The molecule has 10 heteroatoms. The number of rotatable bonds is 5. The van der Waals surface area contributed by atoms with Gasteiger partial charge in [0, 0.05) is 44.2 Å². The minimum Gasteiger partial charge on any atom is -0.380 e. The van der Waals surface area contributed by atoms with Gasteiger partial charge in [-0.25, -0.2) is 17.9 Å². The zero-order valence-corrected chi connectivity index (χ0v) is 16.0. The monoisotopic (exact) mass is 408 g/mol. The molecule has 4 heterocycles. The van der Waals surface area contributed by atoms with Gasteiger partial charge in [-0.05, 0) is 18.9 Å². The number of hydrogen-bond donors (Lipinski definition) is 1. The van der Waals surface area contributed by atoms with Gasteiger partial charge in [-0.2, -0.15) is 15.1 Å². The lowest BCUT2D eigenvalue weighted by Gasteiger charge is -2.55. The van der Waals surface area contributed by atoms with E-state index < -0.39 is 12.6 Å². The maximum Gasteiger partial charge on any atom is 0.254 e. The van der Waals surface area contributed by atoms with Gasteiger partial charge in [-0.15, -0.1) is 0 Å². The van der Waals surface area contributed by atoms with E-state index in [4.69, 9.17) is 4.74 Å². The van der Waals surface area contributed by atoms with Gasteiger partial charge in [0.1, 0.15) is 18.3 Å².